The van der Waals surface area contributed by atoms with Gasteiger partial charge in [-0.05, 0) is 64.2 Å². The summed E-state index contributed by atoms with van der Waals surface area (Å²) in [6, 6.07) is 1.75. The summed E-state index contributed by atoms with van der Waals surface area (Å²) < 4.78 is 39.0. The van der Waals surface area contributed by atoms with Crippen LogP contribution in [0.15, 0.2) is 0 Å². The third-order valence-electron chi connectivity index (χ3n) is 1.11. The first-order chi connectivity index (χ1) is 8.41. The van der Waals surface area contributed by atoms with Crippen LogP contribution in [0.4, 0.5) is 17.3 Å². The zero-order chi connectivity index (χ0) is 14.3. The van der Waals surface area contributed by atoms with Gasteiger partial charge in [0.2, 0.25) is 0 Å². The zero-order valence-corrected chi connectivity index (χ0v) is 12.9. The molecule has 2 aliphatic rings. The van der Waals surface area contributed by atoms with Crippen molar-refractivity contribution in [3.63, 3.8) is 0 Å². The maximum atomic E-state index is 9.75. The molecule has 0 amide bonds. The van der Waals surface area contributed by atoms with Gasteiger partial charge in [0.05, 0.1) is 6.07 Å². The molecule has 2 fully saturated rings. The Labute approximate surface area is 127 Å². The van der Waals surface area contributed by atoms with E-state index >= 15 is 0 Å². The molecule has 2 saturated carbocycles. The van der Waals surface area contributed by atoms with Crippen molar-refractivity contribution in [1.82, 2.24) is 0 Å². The van der Waals surface area contributed by atoms with Crippen molar-refractivity contribution >= 4 is 7.25 Å². The van der Waals surface area contributed by atoms with Gasteiger partial charge >= 0.3 is 7.25 Å². The fourth-order valence-corrected chi connectivity index (χ4v) is 0.642. The third-order valence-corrected chi connectivity index (χ3v) is 1.11. The van der Waals surface area contributed by atoms with E-state index in [2.05, 4.69) is 0 Å². The van der Waals surface area contributed by atoms with E-state index in [1.165, 1.54) is 6.92 Å². The second kappa shape index (κ2) is 17.9. The molecule has 0 aromatic rings. The minimum atomic E-state index is -6.00. The van der Waals surface area contributed by atoms with Crippen LogP contribution in [-0.4, -0.2) is 7.25 Å². The van der Waals surface area contributed by atoms with Crippen molar-refractivity contribution in [2.45, 2.75) is 6.92 Å². The number of halogens is 4. The maximum Gasteiger partial charge on any atom is 0.673 e. The number of hydrogen-bond acceptors (Lipinski definition) is 1. The summed E-state index contributed by atoms with van der Waals surface area (Å²) in [7, 11) is -6.00. The normalized spacial score (nSPS) is 16.2. The van der Waals surface area contributed by atoms with Gasteiger partial charge in [-0.2, -0.15) is 5.26 Å². The monoisotopic (exact) mass is 445 g/mol. The van der Waals surface area contributed by atoms with E-state index in [1.807, 2.05) is 64.2 Å². The summed E-state index contributed by atoms with van der Waals surface area (Å²) in [6.45, 7) is 1.43. The Morgan fingerprint density at radius 3 is 0.789 bits per heavy atom. The van der Waals surface area contributed by atoms with Crippen molar-refractivity contribution in [3.8, 4) is 6.07 Å². The largest absolute Gasteiger partial charge is 0.673 e. The van der Waals surface area contributed by atoms with Crippen LogP contribution in [0.1, 0.15) is 6.92 Å². The van der Waals surface area contributed by atoms with Gasteiger partial charge in [-0.25, -0.2) is 0 Å². The molecule has 0 N–H and O–H groups in total. The van der Waals surface area contributed by atoms with Crippen LogP contribution in [0, 0.1) is 75.5 Å². The van der Waals surface area contributed by atoms with E-state index in [-0.39, 0.29) is 20.4 Å². The van der Waals surface area contributed by atoms with Gasteiger partial charge in [0.25, 0.3) is 0 Å². The molecule has 0 spiro atoms. The number of nitrogens with zero attached hydrogens (tertiary/aromatic N) is 1. The first-order valence-electron chi connectivity index (χ1n) is 4.93. The Balaban J connectivity index is -0.000000180. The summed E-state index contributed by atoms with van der Waals surface area (Å²) in [6.07, 6.45) is 20.0. The Morgan fingerprint density at radius 1 is 0.684 bits per heavy atom. The molecule has 105 valence electrons. The Morgan fingerprint density at radius 2 is 0.737 bits per heavy atom. The molecule has 0 unspecified atom stereocenters. The standard InChI is InChI=1S/2C5H5.C2H3N.BF4.Re/c2*1-2-4-5-3-1;1-2-3;2-1(3,4)5;/h2*1-5H;1H3;;/q;;;-1;. The molecule has 11 radical (unpaired) electrons. The number of hydrogen-bond donors (Lipinski definition) is 0. The average Bonchev–Trinajstić information content (AvgIpc) is 2.96. The van der Waals surface area contributed by atoms with Gasteiger partial charge in [-0.1, -0.05) is 0 Å². The van der Waals surface area contributed by atoms with E-state index in [4.69, 9.17) is 5.26 Å². The zero-order valence-electron chi connectivity index (χ0n) is 10.2. The summed E-state index contributed by atoms with van der Waals surface area (Å²) in [5.41, 5.74) is 0. The van der Waals surface area contributed by atoms with Crippen LogP contribution >= 0.6 is 0 Å². The molecule has 0 bridgehead atoms. The second-order valence-corrected chi connectivity index (χ2v) is 2.64. The molecule has 0 saturated heterocycles. The van der Waals surface area contributed by atoms with Crippen molar-refractivity contribution in [2.24, 2.45) is 0 Å². The Hall–Kier alpha value is -0.0627. The molecule has 7 heteroatoms. The molecule has 0 atom stereocenters. The number of rotatable bonds is 0. The van der Waals surface area contributed by atoms with Crippen LogP contribution in [-0.2, 0) is 20.4 Å². The first kappa shape index (κ1) is 24.0. The van der Waals surface area contributed by atoms with Gasteiger partial charge < -0.3 is 17.3 Å². The average molecular weight is 444 g/mol. The molecule has 1 nitrogen and oxygen atoms in total. The van der Waals surface area contributed by atoms with E-state index in [0.29, 0.717) is 0 Å². The fraction of sp³-hybridized carbons (Fsp3) is 0.0833. The SMILES string of the molecule is CC#N.F[B-](F)(F)F.[CH]1[CH][CH][CH][CH]1.[CH]1[CH][CH][CH][CH]1.[Re]. The Kier molecular flexibility index (Phi) is 22.6. The first-order valence-corrected chi connectivity index (χ1v) is 4.93. The molecule has 0 aromatic carbocycles. The minimum Gasteiger partial charge on any atom is -0.418 e. The quantitative estimate of drug-likeness (QED) is 0.411. The van der Waals surface area contributed by atoms with Crippen molar-refractivity contribution in [1.29, 1.82) is 5.26 Å². The third kappa shape index (κ3) is 46.1. The van der Waals surface area contributed by atoms with E-state index in [0.717, 1.165) is 0 Å². The van der Waals surface area contributed by atoms with E-state index in [1.54, 1.807) is 6.07 Å². The maximum absolute atomic E-state index is 9.75. The molecule has 0 aliphatic heterocycles. The molecule has 2 aliphatic carbocycles. The number of nitriles is 1. The molecular weight excluding hydrogens is 431 g/mol. The smallest absolute Gasteiger partial charge is 0.418 e. The van der Waals surface area contributed by atoms with Crippen LogP contribution < -0.4 is 0 Å². The second-order valence-electron chi connectivity index (χ2n) is 2.64. The van der Waals surface area contributed by atoms with Crippen LogP contribution in [0.5, 0.6) is 0 Å². The predicted molar refractivity (Wildman–Crippen MR) is 64.5 cm³/mol. The molecule has 19 heavy (non-hydrogen) atoms. The Bertz CT molecular complexity index is 168. The van der Waals surface area contributed by atoms with Gasteiger partial charge in [-0.3, -0.25) is 0 Å². The van der Waals surface area contributed by atoms with Crippen LogP contribution in [0.3, 0.4) is 0 Å². The van der Waals surface area contributed by atoms with Gasteiger partial charge in [0.15, 0.2) is 0 Å². The molecular formula is C12H13BF4NRe-. The minimum absolute atomic E-state index is 0. The van der Waals surface area contributed by atoms with Gasteiger partial charge in [0.1, 0.15) is 0 Å². The van der Waals surface area contributed by atoms with Gasteiger partial charge in [0, 0.05) is 27.3 Å². The van der Waals surface area contributed by atoms with Crippen molar-refractivity contribution < 1.29 is 37.7 Å². The van der Waals surface area contributed by atoms with Crippen LogP contribution in [0.2, 0.25) is 0 Å². The van der Waals surface area contributed by atoms with Crippen LogP contribution in [0.25, 0.3) is 0 Å². The predicted octanol–water partition coefficient (Wildman–Crippen LogP) is 3.87. The summed E-state index contributed by atoms with van der Waals surface area (Å²) in [5, 5.41) is 7.32. The summed E-state index contributed by atoms with van der Waals surface area (Å²) in [5.74, 6) is 0. The molecule has 0 heterocycles. The van der Waals surface area contributed by atoms with Crippen molar-refractivity contribution in [3.05, 3.63) is 64.2 Å². The summed E-state index contributed by atoms with van der Waals surface area (Å²) >= 11 is 0. The van der Waals surface area contributed by atoms with Crippen molar-refractivity contribution in [2.75, 3.05) is 0 Å². The summed E-state index contributed by atoms with van der Waals surface area (Å²) in [4.78, 5) is 0. The fourth-order valence-electron chi connectivity index (χ4n) is 0.642. The van der Waals surface area contributed by atoms with Gasteiger partial charge in [-0.15, -0.1) is 0 Å². The topological polar surface area (TPSA) is 23.8 Å². The molecule has 2 rings (SSSR count). The molecule has 0 aromatic heterocycles. The van der Waals surface area contributed by atoms with E-state index < -0.39 is 7.25 Å². The van der Waals surface area contributed by atoms with E-state index in [9.17, 15) is 17.3 Å².